The van der Waals surface area contributed by atoms with E-state index in [0.717, 1.165) is 17.5 Å². The molecule has 16 heavy (non-hydrogen) atoms. The molecule has 1 N–H and O–H groups in total. The molecule has 1 aromatic rings. The fraction of sp³-hybridized carbons (Fsp3) is 0.538. The Kier molecular flexibility index (Phi) is 3.85. The van der Waals surface area contributed by atoms with Crippen molar-refractivity contribution in [3.05, 3.63) is 24.3 Å². The number of nitrogens with one attached hydrogen (secondary N) is 1. The molecule has 0 amide bonds. The van der Waals surface area contributed by atoms with Crippen LogP contribution in [-0.2, 0) is 4.57 Å². The van der Waals surface area contributed by atoms with Crippen LogP contribution in [0.15, 0.2) is 24.3 Å². The second-order valence-corrected chi connectivity index (χ2v) is 9.03. The SMILES string of the molecule is CC(C)(C)CNc1ccc(P(C)(C)=O)cc1. The van der Waals surface area contributed by atoms with Gasteiger partial charge in [0.15, 0.2) is 0 Å². The van der Waals surface area contributed by atoms with Crippen molar-refractivity contribution in [2.45, 2.75) is 20.8 Å². The monoisotopic (exact) mass is 239 g/mol. The van der Waals surface area contributed by atoms with Crippen LogP contribution in [0.3, 0.4) is 0 Å². The summed E-state index contributed by atoms with van der Waals surface area (Å²) in [4.78, 5) is 0. The highest BCUT2D eigenvalue weighted by molar-refractivity contribution is 7.70. The molecular formula is C13H22NOP. The third-order valence-corrected chi connectivity index (χ3v) is 3.85. The van der Waals surface area contributed by atoms with Crippen LogP contribution in [0.1, 0.15) is 20.8 Å². The van der Waals surface area contributed by atoms with E-state index >= 15 is 0 Å². The van der Waals surface area contributed by atoms with Gasteiger partial charge < -0.3 is 9.88 Å². The molecule has 90 valence electrons. The Morgan fingerprint density at radius 1 is 1.12 bits per heavy atom. The van der Waals surface area contributed by atoms with E-state index in [-0.39, 0.29) is 5.41 Å². The summed E-state index contributed by atoms with van der Waals surface area (Å²) in [5.41, 5.74) is 1.36. The van der Waals surface area contributed by atoms with Gasteiger partial charge in [-0.25, -0.2) is 0 Å². The molecule has 0 aromatic heterocycles. The molecule has 0 radical (unpaired) electrons. The van der Waals surface area contributed by atoms with Crippen LogP contribution in [0.25, 0.3) is 0 Å². The fourth-order valence-electron chi connectivity index (χ4n) is 1.31. The van der Waals surface area contributed by atoms with Gasteiger partial charge in [0.1, 0.15) is 7.14 Å². The Hall–Kier alpha value is -0.750. The maximum atomic E-state index is 11.8. The van der Waals surface area contributed by atoms with Gasteiger partial charge in [-0.15, -0.1) is 0 Å². The first-order valence-electron chi connectivity index (χ1n) is 5.58. The van der Waals surface area contributed by atoms with E-state index in [1.54, 1.807) is 13.3 Å². The maximum Gasteiger partial charge on any atom is 0.109 e. The minimum Gasteiger partial charge on any atom is -0.385 e. The summed E-state index contributed by atoms with van der Waals surface area (Å²) in [6.45, 7) is 11.1. The van der Waals surface area contributed by atoms with E-state index in [1.165, 1.54) is 0 Å². The Balaban J connectivity index is 2.69. The molecule has 0 aliphatic rings. The molecule has 0 aliphatic carbocycles. The first-order valence-corrected chi connectivity index (χ1v) is 8.18. The Morgan fingerprint density at radius 2 is 1.62 bits per heavy atom. The Morgan fingerprint density at radius 3 is 2.00 bits per heavy atom. The minimum atomic E-state index is -2.12. The Labute approximate surface area is 98.8 Å². The minimum absolute atomic E-state index is 0.267. The van der Waals surface area contributed by atoms with Gasteiger partial charge in [-0.2, -0.15) is 0 Å². The summed E-state index contributed by atoms with van der Waals surface area (Å²) in [5, 5.41) is 4.31. The predicted octanol–water partition coefficient (Wildman–Crippen LogP) is 3.39. The molecule has 0 bridgehead atoms. The number of rotatable bonds is 3. The van der Waals surface area contributed by atoms with Crippen molar-refractivity contribution in [3.63, 3.8) is 0 Å². The fourth-order valence-corrected chi connectivity index (χ4v) is 2.17. The smallest absolute Gasteiger partial charge is 0.109 e. The topological polar surface area (TPSA) is 29.1 Å². The van der Waals surface area contributed by atoms with E-state index in [1.807, 2.05) is 24.3 Å². The van der Waals surface area contributed by atoms with Gasteiger partial charge in [0.2, 0.25) is 0 Å². The molecule has 1 rings (SSSR count). The summed E-state index contributed by atoms with van der Waals surface area (Å²) in [6, 6.07) is 7.90. The molecule has 0 aliphatic heterocycles. The largest absolute Gasteiger partial charge is 0.385 e. The van der Waals surface area contributed by atoms with E-state index in [2.05, 4.69) is 26.1 Å². The summed E-state index contributed by atoms with van der Waals surface area (Å²) in [7, 11) is -2.12. The van der Waals surface area contributed by atoms with Gasteiger partial charge in [0.05, 0.1) is 0 Å². The van der Waals surface area contributed by atoms with Crippen molar-refractivity contribution in [2.75, 3.05) is 25.2 Å². The molecule has 0 spiro atoms. The van der Waals surface area contributed by atoms with Crippen LogP contribution in [-0.4, -0.2) is 19.9 Å². The second kappa shape index (κ2) is 4.63. The van der Waals surface area contributed by atoms with E-state index in [0.29, 0.717) is 0 Å². The van der Waals surface area contributed by atoms with Gasteiger partial charge in [-0.05, 0) is 43.0 Å². The van der Waals surface area contributed by atoms with Crippen molar-refractivity contribution in [1.82, 2.24) is 0 Å². The molecule has 0 saturated heterocycles. The van der Waals surface area contributed by atoms with E-state index in [9.17, 15) is 4.57 Å². The average molecular weight is 239 g/mol. The number of anilines is 1. The molecule has 3 heteroatoms. The van der Waals surface area contributed by atoms with Gasteiger partial charge >= 0.3 is 0 Å². The van der Waals surface area contributed by atoms with Gasteiger partial charge in [-0.3, -0.25) is 0 Å². The highest BCUT2D eigenvalue weighted by atomic mass is 31.2. The maximum absolute atomic E-state index is 11.8. The van der Waals surface area contributed by atoms with Crippen LogP contribution in [0.2, 0.25) is 0 Å². The zero-order valence-corrected chi connectivity index (χ0v) is 11.8. The van der Waals surface area contributed by atoms with Crippen LogP contribution >= 0.6 is 7.14 Å². The lowest BCUT2D eigenvalue weighted by molar-refractivity contribution is 0.443. The molecule has 0 atom stereocenters. The number of benzene rings is 1. The van der Waals surface area contributed by atoms with Crippen LogP contribution in [0.5, 0.6) is 0 Å². The van der Waals surface area contributed by atoms with Gasteiger partial charge in [0.25, 0.3) is 0 Å². The molecule has 2 nitrogen and oxygen atoms in total. The Bertz CT molecular complexity index is 383. The first kappa shape index (κ1) is 13.3. The summed E-state index contributed by atoms with van der Waals surface area (Å²) < 4.78 is 11.8. The van der Waals surface area contributed by atoms with E-state index < -0.39 is 7.14 Å². The van der Waals surface area contributed by atoms with E-state index in [4.69, 9.17) is 0 Å². The van der Waals surface area contributed by atoms with Crippen molar-refractivity contribution in [2.24, 2.45) is 5.41 Å². The average Bonchev–Trinajstić information content (AvgIpc) is 2.13. The quantitative estimate of drug-likeness (QED) is 0.819. The zero-order valence-electron chi connectivity index (χ0n) is 10.9. The standard InChI is InChI=1S/C13H22NOP/c1-13(2,3)10-14-11-6-8-12(9-7-11)16(4,5)15/h6-9,14H,10H2,1-5H3. The zero-order chi connectivity index (χ0) is 12.4. The van der Waals surface area contributed by atoms with Crippen molar-refractivity contribution in [3.8, 4) is 0 Å². The molecule has 0 fully saturated rings. The van der Waals surface area contributed by atoms with Gasteiger partial charge in [-0.1, -0.05) is 20.8 Å². The molecular weight excluding hydrogens is 217 g/mol. The molecule has 0 unspecified atom stereocenters. The van der Waals surface area contributed by atoms with Crippen molar-refractivity contribution < 1.29 is 4.57 Å². The highest BCUT2D eigenvalue weighted by Gasteiger charge is 2.11. The molecule has 0 heterocycles. The van der Waals surface area contributed by atoms with Gasteiger partial charge in [0, 0.05) is 17.5 Å². The molecule has 0 saturated carbocycles. The van der Waals surface area contributed by atoms with Crippen LogP contribution in [0.4, 0.5) is 5.69 Å². The highest BCUT2D eigenvalue weighted by Crippen LogP contribution is 2.34. The van der Waals surface area contributed by atoms with Crippen LogP contribution in [0, 0.1) is 5.41 Å². The summed E-state index contributed by atoms with van der Waals surface area (Å²) >= 11 is 0. The predicted molar refractivity (Wildman–Crippen MR) is 73.5 cm³/mol. The number of hydrogen-bond acceptors (Lipinski definition) is 2. The number of hydrogen-bond donors (Lipinski definition) is 1. The summed E-state index contributed by atoms with van der Waals surface area (Å²) in [5.74, 6) is 0. The second-order valence-electron chi connectivity index (χ2n) is 5.81. The van der Waals surface area contributed by atoms with Crippen molar-refractivity contribution >= 4 is 18.1 Å². The summed E-state index contributed by atoms with van der Waals surface area (Å²) in [6.07, 6.45) is 0. The lowest BCUT2D eigenvalue weighted by Crippen LogP contribution is -2.19. The van der Waals surface area contributed by atoms with Crippen LogP contribution < -0.4 is 10.6 Å². The molecule has 1 aromatic carbocycles. The first-order chi connectivity index (χ1) is 7.18. The lowest BCUT2D eigenvalue weighted by Gasteiger charge is -2.19. The lowest BCUT2D eigenvalue weighted by atomic mass is 9.97. The normalized spacial score (nSPS) is 12.6. The van der Waals surface area contributed by atoms with Crippen molar-refractivity contribution in [1.29, 1.82) is 0 Å². The third kappa shape index (κ3) is 4.40. The third-order valence-electron chi connectivity index (χ3n) is 2.31.